The molecule has 0 aliphatic rings. The molecule has 0 aliphatic heterocycles. The number of ether oxygens (including phenoxy) is 2. The Kier molecular flexibility index (Phi) is 7.32. The van der Waals surface area contributed by atoms with Crippen LogP contribution in [0.1, 0.15) is 16.8 Å². The molecule has 1 rings (SSSR count). The second kappa shape index (κ2) is 8.85. The fourth-order valence-corrected chi connectivity index (χ4v) is 1.48. The summed E-state index contributed by atoms with van der Waals surface area (Å²) in [6, 6.07) is 1.59. The van der Waals surface area contributed by atoms with E-state index in [2.05, 4.69) is 10.3 Å². The summed E-state index contributed by atoms with van der Waals surface area (Å²) in [6.07, 6.45) is 3.73. The maximum atomic E-state index is 11.7. The lowest BCUT2D eigenvalue weighted by molar-refractivity contribution is 0.0688. The molecule has 0 spiro atoms. The fourth-order valence-electron chi connectivity index (χ4n) is 1.28. The molecule has 0 unspecified atom stereocenters. The van der Waals surface area contributed by atoms with Gasteiger partial charge < -0.3 is 14.8 Å². The first kappa shape index (κ1) is 14.9. The number of nitrogens with zero attached hydrogens (tertiary/aromatic N) is 1. The predicted molar refractivity (Wildman–Crippen MR) is 68.9 cm³/mol. The van der Waals surface area contributed by atoms with E-state index in [1.54, 1.807) is 13.2 Å². The van der Waals surface area contributed by atoms with Crippen LogP contribution in [0.25, 0.3) is 0 Å². The lowest BCUT2D eigenvalue weighted by atomic mass is 10.2. The van der Waals surface area contributed by atoms with Gasteiger partial charge in [0.1, 0.15) is 0 Å². The minimum Gasteiger partial charge on any atom is -0.382 e. The molecule has 0 atom stereocenters. The average Bonchev–Trinajstić information content (AvgIpc) is 2.38. The third kappa shape index (κ3) is 5.44. The van der Waals surface area contributed by atoms with E-state index in [4.69, 9.17) is 21.1 Å². The number of pyridine rings is 1. The van der Waals surface area contributed by atoms with Gasteiger partial charge in [0.05, 0.1) is 23.8 Å². The number of amides is 1. The quantitative estimate of drug-likeness (QED) is 0.729. The first-order chi connectivity index (χ1) is 8.75. The van der Waals surface area contributed by atoms with Gasteiger partial charge in [-0.1, -0.05) is 11.6 Å². The van der Waals surface area contributed by atoms with Gasteiger partial charge in [0.25, 0.3) is 5.91 Å². The number of hydrogen-bond acceptors (Lipinski definition) is 4. The van der Waals surface area contributed by atoms with Gasteiger partial charge in [0.15, 0.2) is 0 Å². The van der Waals surface area contributed by atoms with E-state index in [1.807, 2.05) is 0 Å². The summed E-state index contributed by atoms with van der Waals surface area (Å²) in [4.78, 5) is 15.5. The predicted octanol–water partition coefficient (Wildman–Crippen LogP) is 1.52. The molecule has 0 radical (unpaired) electrons. The van der Waals surface area contributed by atoms with Crippen LogP contribution in [0.4, 0.5) is 0 Å². The zero-order valence-corrected chi connectivity index (χ0v) is 11.1. The van der Waals surface area contributed by atoms with Crippen LogP contribution in [-0.4, -0.2) is 44.4 Å². The summed E-state index contributed by atoms with van der Waals surface area (Å²) >= 11 is 5.85. The molecule has 1 aromatic rings. The minimum absolute atomic E-state index is 0.195. The van der Waals surface area contributed by atoms with Gasteiger partial charge in [0.2, 0.25) is 0 Å². The minimum atomic E-state index is -0.195. The number of hydrogen-bond donors (Lipinski definition) is 1. The van der Waals surface area contributed by atoms with Gasteiger partial charge in [0, 0.05) is 32.7 Å². The third-order valence-corrected chi connectivity index (χ3v) is 2.50. The van der Waals surface area contributed by atoms with Crippen molar-refractivity contribution in [2.24, 2.45) is 0 Å². The van der Waals surface area contributed by atoms with Gasteiger partial charge in [-0.15, -0.1) is 0 Å². The Balaban J connectivity index is 2.16. The molecule has 0 saturated carbocycles. The second-order valence-corrected chi connectivity index (χ2v) is 3.98. The number of carbonyl (C=O) groups is 1. The monoisotopic (exact) mass is 272 g/mol. The van der Waals surface area contributed by atoms with Crippen LogP contribution >= 0.6 is 11.6 Å². The van der Waals surface area contributed by atoms with Gasteiger partial charge in [-0.2, -0.15) is 0 Å². The lowest BCUT2D eigenvalue weighted by Crippen LogP contribution is -2.25. The number of rotatable bonds is 8. The molecule has 5 nitrogen and oxygen atoms in total. The Labute approximate surface area is 111 Å². The van der Waals surface area contributed by atoms with Crippen LogP contribution in [0.15, 0.2) is 18.5 Å². The normalized spacial score (nSPS) is 10.3. The summed E-state index contributed by atoms with van der Waals surface area (Å²) in [5.41, 5.74) is 0.437. The largest absolute Gasteiger partial charge is 0.382 e. The van der Waals surface area contributed by atoms with Gasteiger partial charge >= 0.3 is 0 Å². The Bertz CT molecular complexity index is 374. The maximum Gasteiger partial charge on any atom is 0.252 e. The molecular weight excluding hydrogens is 256 g/mol. The lowest BCUT2D eigenvalue weighted by Gasteiger charge is -2.06. The molecule has 0 aliphatic carbocycles. The van der Waals surface area contributed by atoms with E-state index < -0.39 is 0 Å². The smallest absolute Gasteiger partial charge is 0.252 e. The zero-order valence-electron chi connectivity index (χ0n) is 10.3. The molecule has 1 N–H and O–H groups in total. The Morgan fingerprint density at radius 3 is 3.00 bits per heavy atom. The highest BCUT2D eigenvalue weighted by molar-refractivity contribution is 6.33. The van der Waals surface area contributed by atoms with Gasteiger partial charge in [-0.05, 0) is 12.5 Å². The average molecular weight is 273 g/mol. The summed E-state index contributed by atoms with van der Waals surface area (Å²) < 4.78 is 10.1. The van der Waals surface area contributed by atoms with Crippen molar-refractivity contribution in [3.8, 4) is 0 Å². The van der Waals surface area contributed by atoms with Gasteiger partial charge in [-0.3, -0.25) is 9.78 Å². The Hall–Kier alpha value is -1.17. The fraction of sp³-hybridized carbons (Fsp3) is 0.500. The number of methoxy groups -OCH3 is 1. The maximum absolute atomic E-state index is 11.7. The topological polar surface area (TPSA) is 60.5 Å². The van der Waals surface area contributed by atoms with Crippen LogP contribution in [0.5, 0.6) is 0 Å². The molecule has 100 valence electrons. The molecule has 0 saturated heterocycles. The highest BCUT2D eigenvalue weighted by Crippen LogP contribution is 2.12. The first-order valence-electron chi connectivity index (χ1n) is 5.70. The van der Waals surface area contributed by atoms with E-state index in [9.17, 15) is 4.79 Å². The van der Waals surface area contributed by atoms with Crippen LogP contribution < -0.4 is 5.32 Å². The number of carbonyl (C=O) groups excluding carboxylic acids is 1. The standard InChI is InChI=1S/C12H17ClN2O3/c1-17-7-8-18-6-2-4-15-12(16)10-3-5-14-9-11(10)13/h3,5,9H,2,4,6-8H2,1H3,(H,15,16). The summed E-state index contributed by atoms with van der Waals surface area (Å²) in [7, 11) is 1.63. The highest BCUT2D eigenvalue weighted by atomic mass is 35.5. The molecule has 1 amide bonds. The van der Waals surface area contributed by atoms with Crippen molar-refractivity contribution in [2.45, 2.75) is 6.42 Å². The van der Waals surface area contributed by atoms with Crippen LogP contribution in [0.3, 0.4) is 0 Å². The van der Waals surface area contributed by atoms with Crippen molar-refractivity contribution in [3.05, 3.63) is 29.0 Å². The van der Waals surface area contributed by atoms with E-state index in [-0.39, 0.29) is 5.91 Å². The molecule has 1 heterocycles. The summed E-state index contributed by atoms with van der Waals surface area (Å²) in [6.45, 7) is 2.29. The van der Waals surface area contributed by atoms with E-state index in [0.717, 1.165) is 6.42 Å². The van der Waals surface area contributed by atoms with E-state index in [0.29, 0.717) is 37.0 Å². The van der Waals surface area contributed by atoms with Crippen molar-refractivity contribution in [1.82, 2.24) is 10.3 Å². The molecule has 18 heavy (non-hydrogen) atoms. The molecule has 1 aromatic heterocycles. The van der Waals surface area contributed by atoms with Crippen molar-refractivity contribution in [2.75, 3.05) is 33.5 Å². The summed E-state index contributed by atoms with van der Waals surface area (Å²) in [5, 5.41) is 3.12. The number of nitrogens with one attached hydrogen (secondary N) is 1. The molecule has 0 fully saturated rings. The molecule has 0 bridgehead atoms. The first-order valence-corrected chi connectivity index (χ1v) is 6.08. The van der Waals surface area contributed by atoms with Crippen LogP contribution in [0, 0.1) is 0 Å². The summed E-state index contributed by atoms with van der Waals surface area (Å²) in [5.74, 6) is -0.195. The Morgan fingerprint density at radius 2 is 2.28 bits per heavy atom. The van der Waals surface area contributed by atoms with Crippen molar-refractivity contribution in [3.63, 3.8) is 0 Å². The van der Waals surface area contributed by atoms with Crippen LogP contribution in [-0.2, 0) is 9.47 Å². The van der Waals surface area contributed by atoms with E-state index >= 15 is 0 Å². The number of halogens is 1. The zero-order chi connectivity index (χ0) is 13.2. The van der Waals surface area contributed by atoms with Gasteiger partial charge in [-0.25, -0.2) is 0 Å². The second-order valence-electron chi connectivity index (χ2n) is 3.57. The number of aromatic nitrogens is 1. The molecular formula is C12H17ClN2O3. The van der Waals surface area contributed by atoms with Crippen molar-refractivity contribution >= 4 is 17.5 Å². The van der Waals surface area contributed by atoms with Crippen molar-refractivity contribution in [1.29, 1.82) is 0 Å². The highest BCUT2D eigenvalue weighted by Gasteiger charge is 2.08. The SMILES string of the molecule is COCCOCCCNC(=O)c1ccncc1Cl. The van der Waals surface area contributed by atoms with Crippen LogP contribution in [0.2, 0.25) is 5.02 Å². The molecule has 6 heteroatoms. The Morgan fingerprint density at radius 1 is 1.44 bits per heavy atom. The van der Waals surface area contributed by atoms with Crippen molar-refractivity contribution < 1.29 is 14.3 Å². The van der Waals surface area contributed by atoms with E-state index in [1.165, 1.54) is 12.4 Å². The third-order valence-electron chi connectivity index (χ3n) is 2.20. The molecule has 0 aromatic carbocycles.